The molecule has 0 fully saturated rings. The van der Waals surface area contributed by atoms with Gasteiger partial charge in [0.05, 0.1) is 5.69 Å². The van der Waals surface area contributed by atoms with Crippen LogP contribution >= 0.6 is 0 Å². The molecule has 0 aromatic heterocycles. The van der Waals surface area contributed by atoms with Crippen molar-refractivity contribution in [1.82, 2.24) is 0 Å². The summed E-state index contributed by atoms with van der Waals surface area (Å²) >= 11 is 0. The molecule has 1 heterocycles. The van der Waals surface area contributed by atoms with Crippen LogP contribution in [0.15, 0.2) is 18.2 Å². The van der Waals surface area contributed by atoms with Crippen LogP contribution in [0.5, 0.6) is 5.75 Å². The van der Waals surface area contributed by atoms with E-state index in [1.165, 1.54) is 0 Å². The van der Waals surface area contributed by atoms with E-state index in [1.807, 2.05) is 25.2 Å². The summed E-state index contributed by atoms with van der Waals surface area (Å²) in [7, 11) is 1.83. The molecule has 0 aliphatic carbocycles. The fourth-order valence-electron chi connectivity index (χ4n) is 2.06. The van der Waals surface area contributed by atoms with Gasteiger partial charge >= 0.3 is 0 Å². The minimum absolute atomic E-state index is 0.0929. The Morgan fingerprint density at radius 1 is 1.53 bits per heavy atom. The highest BCUT2D eigenvalue weighted by molar-refractivity contribution is 6.00. The van der Waals surface area contributed by atoms with Crippen LogP contribution in [-0.4, -0.2) is 38.2 Å². The highest BCUT2D eigenvalue weighted by Crippen LogP contribution is 2.36. The molecule has 2 rings (SSSR count). The van der Waals surface area contributed by atoms with Crippen molar-refractivity contribution in [3.63, 3.8) is 0 Å². The second kappa shape index (κ2) is 5.46. The first-order valence-corrected chi connectivity index (χ1v) is 6.32. The van der Waals surface area contributed by atoms with Crippen molar-refractivity contribution in [3.05, 3.63) is 18.2 Å². The lowest BCUT2D eigenvalue weighted by Gasteiger charge is -2.34. The average Bonchev–Trinajstić information content (AvgIpc) is 2.43. The normalized spacial score (nSPS) is 19.7. The summed E-state index contributed by atoms with van der Waals surface area (Å²) in [6.07, 6.45) is -0.502. The molecule has 1 amide bonds. The molecule has 1 aromatic carbocycles. The fraction of sp³-hybridized carbons (Fsp3) is 0.462. The summed E-state index contributed by atoms with van der Waals surface area (Å²) in [4.78, 5) is 13.9. The number of rotatable bonds is 4. The molecule has 1 aliphatic rings. The van der Waals surface area contributed by atoms with Gasteiger partial charge in [-0.15, -0.1) is 0 Å². The van der Waals surface area contributed by atoms with Gasteiger partial charge in [-0.3, -0.25) is 4.79 Å². The van der Waals surface area contributed by atoms with E-state index >= 15 is 0 Å². The second-order valence-corrected chi connectivity index (χ2v) is 4.64. The molecule has 2 atom stereocenters. The minimum atomic E-state index is -0.502. The molecule has 2 unspecified atom stereocenters. The summed E-state index contributed by atoms with van der Waals surface area (Å²) in [6.45, 7) is 2.46. The molecule has 6 nitrogen and oxygen atoms in total. The molecule has 1 aliphatic heterocycles. The van der Waals surface area contributed by atoms with Gasteiger partial charge in [-0.25, -0.2) is 0 Å². The van der Waals surface area contributed by atoms with Gasteiger partial charge in [0.2, 0.25) is 0 Å². The van der Waals surface area contributed by atoms with Crippen molar-refractivity contribution in [1.29, 1.82) is 0 Å². The number of carbonyl (C=O) groups excluding carboxylic acids is 1. The summed E-state index contributed by atoms with van der Waals surface area (Å²) in [5.41, 5.74) is 13.1. The van der Waals surface area contributed by atoms with E-state index in [9.17, 15) is 4.79 Å². The van der Waals surface area contributed by atoms with Gasteiger partial charge in [0, 0.05) is 31.9 Å². The van der Waals surface area contributed by atoms with Crippen molar-refractivity contribution >= 4 is 17.3 Å². The third-order valence-electron chi connectivity index (χ3n) is 3.18. The van der Waals surface area contributed by atoms with E-state index in [-0.39, 0.29) is 11.9 Å². The molecule has 19 heavy (non-hydrogen) atoms. The zero-order chi connectivity index (χ0) is 14.0. The van der Waals surface area contributed by atoms with Crippen LogP contribution in [0.2, 0.25) is 0 Å². The maximum atomic E-state index is 12.2. The van der Waals surface area contributed by atoms with E-state index in [0.717, 1.165) is 11.4 Å². The standard InChI is InChI=1S/C13H20N4O2/c1-8-13(18)17(7-9(15)6-14)11-5-10(16-2)3-4-12(11)19-8/h3-5,8-9,16H,6-7,14-15H2,1-2H3. The third-order valence-corrected chi connectivity index (χ3v) is 3.18. The maximum Gasteiger partial charge on any atom is 0.267 e. The Morgan fingerprint density at radius 2 is 2.26 bits per heavy atom. The first-order chi connectivity index (χ1) is 9.06. The molecule has 0 saturated heterocycles. The molecule has 0 bridgehead atoms. The number of ether oxygens (including phenoxy) is 1. The van der Waals surface area contributed by atoms with Crippen LogP contribution in [0.25, 0.3) is 0 Å². The number of nitrogens with zero attached hydrogens (tertiary/aromatic N) is 1. The summed E-state index contributed by atoms with van der Waals surface area (Å²) < 4.78 is 5.60. The molecule has 0 spiro atoms. The lowest BCUT2D eigenvalue weighted by molar-refractivity contribution is -0.125. The van der Waals surface area contributed by atoms with Crippen LogP contribution in [0.4, 0.5) is 11.4 Å². The smallest absolute Gasteiger partial charge is 0.267 e. The zero-order valence-corrected chi connectivity index (χ0v) is 11.2. The Bertz CT molecular complexity index is 478. The van der Waals surface area contributed by atoms with Crippen molar-refractivity contribution in [2.45, 2.75) is 19.1 Å². The summed E-state index contributed by atoms with van der Waals surface area (Å²) in [5.74, 6) is 0.597. The number of carbonyl (C=O) groups is 1. The molecule has 5 N–H and O–H groups in total. The Balaban J connectivity index is 2.38. The predicted molar refractivity (Wildman–Crippen MR) is 75.5 cm³/mol. The van der Waals surface area contributed by atoms with Gasteiger partial charge in [0.25, 0.3) is 5.91 Å². The van der Waals surface area contributed by atoms with Crippen molar-refractivity contribution in [2.75, 3.05) is 30.4 Å². The Morgan fingerprint density at radius 3 is 2.89 bits per heavy atom. The van der Waals surface area contributed by atoms with Gasteiger partial charge in [-0.1, -0.05) is 0 Å². The van der Waals surface area contributed by atoms with Gasteiger partial charge in [-0.2, -0.15) is 0 Å². The molecule has 6 heteroatoms. The van der Waals surface area contributed by atoms with Crippen LogP contribution in [0.3, 0.4) is 0 Å². The number of hydrogen-bond donors (Lipinski definition) is 3. The number of fused-ring (bicyclic) bond motifs is 1. The lowest BCUT2D eigenvalue weighted by Crippen LogP contribution is -2.51. The molecular weight excluding hydrogens is 244 g/mol. The van der Waals surface area contributed by atoms with E-state index in [0.29, 0.717) is 18.8 Å². The summed E-state index contributed by atoms with van der Waals surface area (Å²) in [5, 5.41) is 3.04. The van der Waals surface area contributed by atoms with Gasteiger partial charge in [0.15, 0.2) is 6.10 Å². The first-order valence-electron chi connectivity index (χ1n) is 6.32. The highest BCUT2D eigenvalue weighted by atomic mass is 16.5. The van der Waals surface area contributed by atoms with Gasteiger partial charge in [0.1, 0.15) is 5.75 Å². The Hall–Kier alpha value is -1.79. The van der Waals surface area contributed by atoms with Crippen LogP contribution < -0.4 is 26.4 Å². The Kier molecular flexibility index (Phi) is 3.92. The van der Waals surface area contributed by atoms with E-state index in [2.05, 4.69) is 5.32 Å². The third kappa shape index (κ3) is 2.64. The maximum absolute atomic E-state index is 12.2. The minimum Gasteiger partial charge on any atom is -0.479 e. The quantitative estimate of drug-likeness (QED) is 0.718. The van der Waals surface area contributed by atoms with Crippen LogP contribution in [0.1, 0.15) is 6.92 Å². The number of anilines is 2. The first kappa shape index (κ1) is 13.6. The van der Waals surface area contributed by atoms with Gasteiger partial charge < -0.3 is 26.4 Å². The van der Waals surface area contributed by atoms with Crippen molar-refractivity contribution < 1.29 is 9.53 Å². The van der Waals surface area contributed by atoms with Crippen LogP contribution in [0, 0.1) is 0 Å². The number of nitrogens with two attached hydrogens (primary N) is 2. The second-order valence-electron chi connectivity index (χ2n) is 4.64. The monoisotopic (exact) mass is 264 g/mol. The topological polar surface area (TPSA) is 93.6 Å². The largest absolute Gasteiger partial charge is 0.479 e. The van der Waals surface area contributed by atoms with Crippen molar-refractivity contribution in [3.8, 4) is 5.75 Å². The summed E-state index contributed by atoms with van der Waals surface area (Å²) in [6, 6.07) is 5.39. The number of benzene rings is 1. The highest BCUT2D eigenvalue weighted by Gasteiger charge is 2.32. The molecule has 0 radical (unpaired) electrons. The molecule has 0 saturated carbocycles. The van der Waals surface area contributed by atoms with Crippen LogP contribution in [-0.2, 0) is 4.79 Å². The van der Waals surface area contributed by atoms with E-state index in [4.69, 9.17) is 16.2 Å². The van der Waals surface area contributed by atoms with Gasteiger partial charge in [-0.05, 0) is 25.1 Å². The zero-order valence-electron chi connectivity index (χ0n) is 11.2. The van der Waals surface area contributed by atoms with E-state index in [1.54, 1.807) is 11.8 Å². The SMILES string of the molecule is CNc1ccc2c(c1)N(CC(N)CN)C(=O)C(C)O2. The number of hydrogen-bond acceptors (Lipinski definition) is 5. The Labute approximate surface area is 112 Å². The number of nitrogens with one attached hydrogen (secondary N) is 1. The lowest BCUT2D eigenvalue weighted by atomic mass is 10.1. The average molecular weight is 264 g/mol. The molecule has 1 aromatic rings. The van der Waals surface area contributed by atoms with Crippen molar-refractivity contribution in [2.24, 2.45) is 11.5 Å². The number of amides is 1. The molecule has 104 valence electrons. The molecular formula is C13H20N4O2. The predicted octanol–water partition coefficient (Wildman–Crippen LogP) is 0.128. The fourth-order valence-corrected chi connectivity index (χ4v) is 2.06. The van der Waals surface area contributed by atoms with E-state index < -0.39 is 6.10 Å².